The number of rotatable bonds is 30. The standard InChI is InChI=1S/C59H78N16O10/c1-4-64-57(84)50-16-10-22-75(50)58(85)44(15-9-21-65-59(61)62)69-52(79)45(23-33(2)3)71-54(81)48(26-36-29-67-43-14-8-6-12-40(36)43)73-53(80)46(24-34-17-19-38(77)20-18-34)72-56(83)49(31-76)74-55(82)47(25-35-28-66-42-13-7-5-11-39(35)42)70-51(78)41(60)27-37-30-63-32-68-37/h5-8,11-14,17-20,28-30,32-33,41,44-50,66-67,76-77H,4,9-10,15-16,21-27,31,60H2,1-3H3,(H,63,68)(H,64,84)(H,69,79)(H,70,78)(H,71,81)(H,72,83)(H,73,80)(H,74,82)(H4,61,62,65)/t41-,44-,45-,46-,47-,48+,49-,50-/m0/s1. The van der Waals surface area contributed by atoms with Gasteiger partial charge < -0.3 is 84.5 Å². The van der Waals surface area contributed by atoms with E-state index in [1.54, 1.807) is 19.3 Å². The summed E-state index contributed by atoms with van der Waals surface area (Å²) in [6, 6.07) is 10.2. The summed E-state index contributed by atoms with van der Waals surface area (Å²) in [5, 5.41) is 41.6. The van der Waals surface area contributed by atoms with Gasteiger partial charge in [-0.1, -0.05) is 62.4 Å². The average Bonchev–Trinajstić information content (AvgIpc) is 4.56. The third-order valence-corrected chi connectivity index (χ3v) is 14.7. The summed E-state index contributed by atoms with van der Waals surface area (Å²) in [5.74, 6) is -6.18. The number of imidazole rings is 1. The highest BCUT2D eigenvalue weighted by Crippen LogP contribution is 2.23. The van der Waals surface area contributed by atoms with Crippen molar-refractivity contribution < 1.29 is 48.6 Å². The molecule has 0 unspecified atom stereocenters. The maximum Gasteiger partial charge on any atom is 0.245 e. The third kappa shape index (κ3) is 17.6. The Hall–Kier alpha value is -9.30. The fourth-order valence-corrected chi connectivity index (χ4v) is 10.4. The molecular weight excluding hydrogens is 1090 g/mol. The molecule has 26 nitrogen and oxygen atoms in total. The second-order valence-corrected chi connectivity index (χ2v) is 21.6. The highest BCUT2D eigenvalue weighted by atomic mass is 16.3. The van der Waals surface area contributed by atoms with Crippen molar-refractivity contribution in [2.45, 2.75) is 127 Å². The molecule has 1 aliphatic heterocycles. The van der Waals surface area contributed by atoms with E-state index in [0.29, 0.717) is 41.8 Å². The number of nitrogens with one attached hydrogen (secondary N) is 10. The number of nitrogens with zero attached hydrogens (tertiary/aromatic N) is 3. The molecule has 4 heterocycles. The summed E-state index contributed by atoms with van der Waals surface area (Å²) >= 11 is 0. The Morgan fingerprint density at radius 3 is 1.76 bits per heavy atom. The normalized spacial score (nSPS) is 15.6. The molecule has 8 amide bonds. The van der Waals surface area contributed by atoms with Gasteiger partial charge in [-0.2, -0.15) is 0 Å². The number of aromatic nitrogens is 4. The van der Waals surface area contributed by atoms with Gasteiger partial charge in [0.05, 0.1) is 19.0 Å². The number of H-pyrrole nitrogens is 3. The summed E-state index contributed by atoms with van der Waals surface area (Å²) in [5.41, 5.74) is 21.2. The number of phenols is 1. The van der Waals surface area contributed by atoms with Crippen molar-refractivity contribution in [3.8, 4) is 5.75 Å². The van der Waals surface area contributed by atoms with E-state index in [4.69, 9.17) is 17.2 Å². The van der Waals surface area contributed by atoms with Gasteiger partial charge in [0.25, 0.3) is 0 Å². The van der Waals surface area contributed by atoms with Gasteiger partial charge in [-0.25, -0.2) is 4.98 Å². The van der Waals surface area contributed by atoms with Crippen molar-refractivity contribution in [3.05, 3.63) is 120 Å². The summed E-state index contributed by atoms with van der Waals surface area (Å²) in [4.78, 5) is 133. The van der Waals surface area contributed by atoms with Crippen molar-refractivity contribution in [2.24, 2.45) is 28.1 Å². The molecule has 0 spiro atoms. The van der Waals surface area contributed by atoms with Gasteiger partial charge in [-0.3, -0.25) is 43.3 Å². The topological polar surface area (TPSA) is 415 Å². The lowest BCUT2D eigenvalue weighted by molar-refractivity contribution is -0.142. The highest BCUT2D eigenvalue weighted by Gasteiger charge is 2.39. The number of likely N-dealkylation sites (tertiary alicyclic amines) is 1. The van der Waals surface area contributed by atoms with Crippen LogP contribution in [-0.2, 0) is 64.0 Å². The number of hydrogen-bond acceptors (Lipinski definition) is 13. The minimum atomic E-state index is -1.70. The first-order valence-electron chi connectivity index (χ1n) is 28.5. The predicted octanol–water partition coefficient (Wildman–Crippen LogP) is -0.196. The Morgan fingerprint density at radius 1 is 0.682 bits per heavy atom. The van der Waals surface area contributed by atoms with Crippen molar-refractivity contribution in [1.29, 1.82) is 0 Å². The average molecular weight is 1170 g/mol. The molecule has 85 heavy (non-hydrogen) atoms. The number of aromatic hydroxyl groups is 1. The number of aliphatic imine (C=N–C) groups is 1. The number of guanidine groups is 1. The lowest BCUT2D eigenvalue weighted by Gasteiger charge is -2.30. The van der Waals surface area contributed by atoms with Crippen molar-refractivity contribution in [3.63, 3.8) is 0 Å². The monoisotopic (exact) mass is 1170 g/mol. The van der Waals surface area contributed by atoms with Crippen LogP contribution in [-0.4, -0.2) is 163 Å². The van der Waals surface area contributed by atoms with E-state index in [9.17, 15) is 48.6 Å². The summed E-state index contributed by atoms with van der Waals surface area (Å²) in [6.07, 6.45) is 7.39. The Morgan fingerprint density at radius 2 is 1.21 bits per heavy atom. The number of benzene rings is 3. The first kappa shape index (κ1) is 63.3. The Bertz CT molecular complexity index is 3280. The Kier molecular flexibility index (Phi) is 22.6. The molecule has 454 valence electrons. The number of hydrogen-bond donors (Lipinski definition) is 15. The van der Waals surface area contributed by atoms with E-state index in [1.807, 2.05) is 62.4 Å². The molecule has 6 aromatic rings. The van der Waals surface area contributed by atoms with Crippen LogP contribution in [0.1, 0.15) is 75.3 Å². The zero-order valence-corrected chi connectivity index (χ0v) is 47.9. The van der Waals surface area contributed by atoms with Crippen molar-refractivity contribution >= 4 is 75.0 Å². The fourth-order valence-electron chi connectivity index (χ4n) is 10.4. The maximum atomic E-state index is 15.0. The minimum absolute atomic E-state index is 0.0611. The number of likely N-dealkylation sites (N-methyl/N-ethyl adjacent to an activating group) is 1. The van der Waals surface area contributed by atoms with Crippen LogP contribution in [0.4, 0.5) is 0 Å². The zero-order valence-electron chi connectivity index (χ0n) is 47.9. The molecule has 0 aliphatic carbocycles. The number of aromatic amines is 3. The predicted molar refractivity (Wildman–Crippen MR) is 318 cm³/mol. The second kappa shape index (κ2) is 30.3. The molecule has 26 heteroatoms. The molecular formula is C59H78N16O10. The van der Waals surface area contributed by atoms with Crippen LogP contribution in [0.5, 0.6) is 5.75 Å². The number of nitrogens with two attached hydrogens (primary N) is 3. The van der Waals surface area contributed by atoms with Crippen molar-refractivity contribution in [2.75, 3.05) is 26.2 Å². The van der Waals surface area contributed by atoms with Crippen LogP contribution >= 0.6 is 0 Å². The lowest BCUT2D eigenvalue weighted by atomic mass is 9.99. The van der Waals surface area contributed by atoms with Gasteiger partial charge in [0, 0.05) is 91.4 Å². The van der Waals surface area contributed by atoms with Crippen LogP contribution in [0, 0.1) is 5.92 Å². The van der Waals surface area contributed by atoms with E-state index in [-0.39, 0.29) is 81.6 Å². The quantitative estimate of drug-likeness (QED) is 0.0158. The molecule has 7 rings (SSSR count). The number of amides is 8. The van der Waals surface area contributed by atoms with Gasteiger partial charge in [0.15, 0.2) is 5.96 Å². The van der Waals surface area contributed by atoms with Crippen LogP contribution < -0.4 is 54.4 Å². The lowest BCUT2D eigenvalue weighted by Crippen LogP contribution is -2.61. The molecule has 1 aliphatic rings. The smallest absolute Gasteiger partial charge is 0.245 e. The largest absolute Gasteiger partial charge is 0.508 e. The van der Waals surface area contributed by atoms with Crippen molar-refractivity contribution in [1.82, 2.24) is 62.1 Å². The molecule has 18 N–H and O–H groups in total. The summed E-state index contributed by atoms with van der Waals surface area (Å²) < 4.78 is 0. The minimum Gasteiger partial charge on any atom is -0.508 e. The van der Waals surface area contributed by atoms with Gasteiger partial charge in [-0.05, 0) is 85.9 Å². The Balaban J connectivity index is 1.14. The number of carbonyl (C=O) groups excluding carboxylic acids is 8. The number of aliphatic hydroxyl groups is 1. The number of para-hydroxylation sites is 2. The highest BCUT2D eigenvalue weighted by molar-refractivity contribution is 5.99. The molecule has 3 aromatic carbocycles. The molecule has 1 saturated heterocycles. The van der Waals surface area contributed by atoms with Gasteiger partial charge in [-0.15, -0.1) is 0 Å². The van der Waals surface area contributed by atoms with E-state index < -0.39 is 96.3 Å². The molecule has 0 radical (unpaired) electrons. The van der Waals surface area contributed by atoms with Crippen LogP contribution in [0.2, 0.25) is 0 Å². The van der Waals surface area contributed by atoms with E-state index in [2.05, 4.69) is 62.1 Å². The van der Waals surface area contributed by atoms with Gasteiger partial charge in [0.1, 0.15) is 48.0 Å². The number of phenolic OH excluding ortho intramolecular Hbond substituents is 1. The second-order valence-electron chi connectivity index (χ2n) is 21.6. The number of carbonyl (C=O) groups is 8. The first-order valence-corrected chi connectivity index (χ1v) is 28.5. The molecule has 1 fully saturated rings. The number of aliphatic hydroxyl groups excluding tert-OH is 1. The third-order valence-electron chi connectivity index (χ3n) is 14.7. The molecule has 3 aromatic heterocycles. The maximum absolute atomic E-state index is 15.0. The van der Waals surface area contributed by atoms with E-state index in [1.165, 1.54) is 41.7 Å². The first-order chi connectivity index (χ1) is 40.8. The van der Waals surface area contributed by atoms with Gasteiger partial charge >= 0.3 is 0 Å². The molecule has 0 saturated carbocycles. The molecule has 0 bridgehead atoms. The summed E-state index contributed by atoms with van der Waals surface area (Å²) in [7, 11) is 0. The van der Waals surface area contributed by atoms with Crippen LogP contribution in [0.25, 0.3) is 21.8 Å². The SMILES string of the molecule is CCNC(=O)[C@@H]1CCCN1C(=O)[C@H](CCCN=C(N)N)NC(=O)[C@H](CC(C)C)NC(=O)[C@@H](Cc1c[nH]c2ccccc12)NC(=O)[C@H](Cc1ccc(O)cc1)NC(=O)[C@H](CO)NC(=O)[C@H](Cc1c[nH]c2ccccc12)NC(=O)[C@@H](N)Cc1cnc[nH]1. The Labute approximate surface area is 491 Å². The summed E-state index contributed by atoms with van der Waals surface area (Å²) in [6.45, 7) is 5.28. The fraction of sp³-hybridized carbons (Fsp3) is 0.424. The van der Waals surface area contributed by atoms with Gasteiger partial charge in [0.2, 0.25) is 47.3 Å². The number of fused-ring (bicyclic) bond motifs is 2. The zero-order chi connectivity index (χ0) is 61.2. The van der Waals surface area contributed by atoms with E-state index in [0.717, 1.165) is 21.8 Å². The van der Waals surface area contributed by atoms with Crippen LogP contribution in [0.15, 0.2) is 103 Å². The van der Waals surface area contributed by atoms with E-state index >= 15 is 0 Å². The molecule has 8 atom stereocenters. The van der Waals surface area contributed by atoms with Crippen LogP contribution in [0.3, 0.4) is 0 Å².